The van der Waals surface area contributed by atoms with Crippen molar-refractivity contribution in [2.45, 2.75) is 32.6 Å². The first-order chi connectivity index (χ1) is 6.93. The molecule has 0 saturated heterocycles. The average molecular weight is 236 g/mol. The van der Waals surface area contributed by atoms with E-state index in [1.165, 1.54) is 0 Å². The highest BCUT2D eigenvalue weighted by Crippen LogP contribution is 2.18. The van der Waals surface area contributed by atoms with Crippen molar-refractivity contribution < 1.29 is 13.3 Å². The van der Waals surface area contributed by atoms with Gasteiger partial charge in [0, 0.05) is 21.3 Å². The van der Waals surface area contributed by atoms with Gasteiger partial charge >= 0.3 is 8.80 Å². The first kappa shape index (κ1) is 15.0. The highest BCUT2D eigenvalue weighted by Gasteiger charge is 2.49. The maximum atomic E-state index is 5.74. The minimum absolute atomic E-state index is 0.00231. The van der Waals surface area contributed by atoms with Gasteiger partial charge in [-0.1, -0.05) is 13.8 Å². The predicted octanol–water partition coefficient (Wildman–Crippen LogP) is 0.323. The van der Waals surface area contributed by atoms with Crippen LogP contribution in [0.5, 0.6) is 0 Å². The Labute approximate surface area is 93.6 Å². The molecule has 0 amide bonds. The molecule has 0 rings (SSSR count). The third kappa shape index (κ3) is 3.82. The second-order valence-electron chi connectivity index (χ2n) is 3.89. The highest BCUT2D eigenvalue weighted by molar-refractivity contribution is 6.62. The van der Waals surface area contributed by atoms with Crippen LogP contribution in [0.2, 0.25) is 0 Å². The van der Waals surface area contributed by atoms with Crippen LogP contribution in [0.25, 0.3) is 0 Å². The van der Waals surface area contributed by atoms with E-state index in [0.717, 1.165) is 0 Å². The van der Waals surface area contributed by atoms with Crippen LogP contribution in [0.1, 0.15) is 20.8 Å². The molecule has 0 aromatic heterocycles. The van der Waals surface area contributed by atoms with Crippen molar-refractivity contribution in [2.75, 3.05) is 21.3 Å². The van der Waals surface area contributed by atoms with Crippen molar-refractivity contribution in [2.24, 2.45) is 11.7 Å². The van der Waals surface area contributed by atoms with Crippen LogP contribution in [0.3, 0.4) is 0 Å². The molecule has 6 heteroatoms. The summed E-state index contributed by atoms with van der Waals surface area (Å²) in [5.41, 5.74) is 5.73. The molecule has 0 bridgehead atoms. The summed E-state index contributed by atoms with van der Waals surface area (Å²) in [5, 5.41) is 3.24. The minimum atomic E-state index is -2.66. The molecule has 5 nitrogen and oxygen atoms in total. The van der Waals surface area contributed by atoms with Crippen LogP contribution in [-0.2, 0) is 13.3 Å². The van der Waals surface area contributed by atoms with Crippen molar-refractivity contribution in [1.82, 2.24) is 5.32 Å². The van der Waals surface area contributed by atoms with E-state index >= 15 is 0 Å². The van der Waals surface area contributed by atoms with E-state index in [9.17, 15) is 0 Å². The van der Waals surface area contributed by atoms with Gasteiger partial charge in [0.15, 0.2) is 0 Å². The Morgan fingerprint density at radius 3 is 1.60 bits per heavy atom. The summed E-state index contributed by atoms with van der Waals surface area (Å²) < 4.78 is 16.3. The Morgan fingerprint density at radius 1 is 1.00 bits per heavy atom. The van der Waals surface area contributed by atoms with Crippen molar-refractivity contribution in [1.29, 1.82) is 0 Å². The van der Waals surface area contributed by atoms with Crippen LogP contribution in [0.15, 0.2) is 0 Å². The largest absolute Gasteiger partial charge is 0.518 e. The van der Waals surface area contributed by atoms with E-state index in [-0.39, 0.29) is 11.8 Å². The Hall–Kier alpha value is 0.0169. The Bertz CT molecular complexity index is 166. The maximum Gasteiger partial charge on any atom is 0.518 e. The molecular weight excluding hydrogens is 212 g/mol. The van der Waals surface area contributed by atoms with Gasteiger partial charge in [0.2, 0.25) is 0 Å². The Balaban J connectivity index is 4.83. The molecule has 0 saturated carbocycles. The number of rotatable bonds is 7. The monoisotopic (exact) mass is 236 g/mol. The molecule has 0 fully saturated rings. The molecule has 0 radical (unpaired) electrons. The normalized spacial score (nSPS) is 16.8. The van der Waals surface area contributed by atoms with Crippen molar-refractivity contribution in [3.63, 3.8) is 0 Å². The standard InChI is InChI=1S/C9H24N2O3Si/c1-7(2)9(11-8(3)10)15(12-4,13-5)14-6/h7-9,11H,10H2,1-6H3. The second kappa shape index (κ2) is 6.57. The van der Waals surface area contributed by atoms with E-state index in [1.807, 2.05) is 6.92 Å². The number of nitrogens with one attached hydrogen (secondary N) is 1. The van der Waals surface area contributed by atoms with E-state index in [4.69, 9.17) is 19.0 Å². The first-order valence-corrected chi connectivity index (χ1v) is 6.90. The van der Waals surface area contributed by atoms with Gasteiger partial charge in [0.1, 0.15) is 0 Å². The first-order valence-electron chi connectivity index (χ1n) is 5.10. The molecule has 15 heavy (non-hydrogen) atoms. The SMILES string of the molecule is CO[Si](OC)(OC)C(NC(C)N)C(C)C. The minimum Gasteiger partial charge on any atom is -0.376 e. The van der Waals surface area contributed by atoms with Crippen molar-refractivity contribution in [3.05, 3.63) is 0 Å². The lowest BCUT2D eigenvalue weighted by Crippen LogP contribution is -2.65. The third-order valence-corrected chi connectivity index (χ3v) is 5.65. The summed E-state index contributed by atoms with van der Waals surface area (Å²) in [6, 6.07) is 0. The molecule has 2 unspecified atom stereocenters. The fourth-order valence-corrected chi connectivity index (χ4v) is 4.16. The molecule has 0 aliphatic heterocycles. The van der Waals surface area contributed by atoms with Crippen LogP contribution < -0.4 is 11.1 Å². The van der Waals surface area contributed by atoms with Gasteiger partial charge < -0.3 is 19.0 Å². The molecule has 3 N–H and O–H groups in total. The molecule has 0 aromatic rings. The Morgan fingerprint density at radius 2 is 1.40 bits per heavy atom. The average Bonchev–Trinajstić information content (AvgIpc) is 2.19. The van der Waals surface area contributed by atoms with Gasteiger partial charge in [-0.3, -0.25) is 5.32 Å². The Kier molecular flexibility index (Phi) is 6.57. The van der Waals surface area contributed by atoms with Crippen molar-refractivity contribution >= 4 is 8.80 Å². The molecule has 0 aromatic carbocycles. The quantitative estimate of drug-likeness (QED) is 0.492. The van der Waals surface area contributed by atoms with Gasteiger partial charge in [-0.2, -0.15) is 0 Å². The lowest BCUT2D eigenvalue weighted by molar-refractivity contribution is 0.0969. The molecule has 0 aliphatic carbocycles. The zero-order chi connectivity index (χ0) is 12.1. The molecular formula is C9H24N2O3Si. The van der Waals surface area contributed by atoms with Gasteiger partial charge in [0.25, 0.3) is 0 Å². The number of nitrogens with two attached hydrogens (primary N) is 1. The zero-order valence-electron chi connectivity index (χ0n) is 10.5. The summed E-state index contributed by atoms with van der Waals surface area (Å²) >= 11 is 0. The topological polar surface area (TPSA) is 65.7 Å². The molecule has 0 spiro atoms. The molecule has 2 atom stereocenters. The van der Waals surface area contributed by atoms with Crippen molar-refractivity contribution in [3.8, 4) is 0 Å². The van der Waals surface area contributed by atoms with E-state index in [2.05, 4.69) is 19.2 Å². The fourth-order valence-electron chi connectivity index (χ4n) is 1.62. The zero-order valence-corrected chi connectivity index (χ0v) is 11.5. The van der Waals surface area contributed by atoms with E-state index < -0.39 is 8.80 Å². The molecule has 92 valence electrons. The summed E-state index contributed by atoms with van der Waals surface area (Å²) in [6.07, 6.45) is -0.121. The maximum absolute atomic E-state index is 5.74. The summed E-state index contributed by atoms with van der Waals surface area (Å²) in [4.78, 5) is 0. The molecule has 0 heterocycles. The van der Waals surface area contributed by atoms with Gasteiger partial charge in [0.05, 0.1) is 11.8 Å². The summed E-state index contributed by atoms with van der Waals surface area (Å²) in [6.45, 7) is 6.05. The lowest BCUT2D eigenvalue weighted by Gasteiger charge is -2.36. The van der Waals surface area contributed by atoms with E-state index in [0.29, 0.717) is 5.92 Å². The molecule has 0 aliphatic rings. The van der Waals surface area contributed by atoms with Gasteiger partial charge in [-0.05, 0) is 12.8 Å². The van der Waals surface area contributed by atoms with Gasteiger partial charge in [-0.25, -0.2) is 0 Å². The van der Waals surface area contributed by atoms with Crippen LogP contribution >= 0.6 is 0 Å². The van der Waals surface area contributed by atoms with Crippen LogP contribution in [0, 0.1) is 5.92 Å². The number of hydrogen-bond acceptors (Lipinski definition) is 5. The third-order valence-electron chi connectivity index (χ3n) is 2.34. The number of hydrogen-bond donors (Lipinski definition) is 2. The smallest absolute Gasteiger partial charge is 0.376 e. The van der Waals surface area contributed by atoms with Gasteiger partial charge in [-0.15, -0.1) is 0 Å². The predicted molar refractivity (Wildman–Crippen MR) is 62.2 cm³/mol. The van der Waals surface area contributed by atoms with Crippen LogP contribution in [0.4, 0.5) is 0 Å². The lowest BCUT2D eigenvalue weighted by atomic mass is 10.2. The fraction of sp³-hybridized carbons (Fsp3) is 1.00. The van der Waals surface area contributed by atoms with Crippen LogP contribution in [-0.4, -0.2) is 42.0 Å². The second-order valence-corrected chi connectivity index (χ2v) is 6.95. The highest BCUT2D eigenvalue weighted by atomic mass is 28.4. The summed E-state index contributed by atoms with van der Waals surface area (Å²) in [5.74, 6) is 0.322. The van der Waals surface area contributed by atoms with E-state index in [1.54, 1.807) is 21.3 Å². The summed E-state index contributed by atoms with van der Waals surface area (Å²) in [7, 11) is 2.16.